The second-order valence-electron chi connectivity index (χ2n) is 4.24. The first-order valence-electron chi connectivity index (χ1n) is 6.17. The summed E-state index contributed by atoms with van der Waals surface area (Å²) in [6.45, 7) is 0.930. The SMILES string of the molecule is COCCNC(=O)N[C@@H]1CCSc2c(F)cccc21. The maximum atomic E-state index is 13.7. The number of thioether (sulfide) groups is 1. The molecule has 0 unspecified atom stereocenters. The lowest BCUT2D eigenvalue weighted by molar-refractivity contribution is 0.195. The van der Waals surface area contributed by atoms with E-state index in [1.807, 2.05) is 6.07 Å². The van der Waals surface area contributed by atoms with Gasteiger partial charge < -0.3 is 15.4 Å². The zero-order valence-electron chi connectivity index (χ0n) is 10.7. The molecule has 104 valence electrons. The number of urea groups is 1. The summed E-state index contributed by atoms with van der Waals surface area (Å²) in [6.07, 6.45) is 0.804. The Kier molecular flexibility index (Phi) is 5.04. The van der Waals surface area contributed by atoms with Gasteiger partial charge in [-0.2, -0.15) is 0 Å². The van der Waals surface area contributed by atoms with Crippen molar-refractivity contribution < 1.29 is 13.9 Å². The van der Waals surface area contributed by atoms with E-state index in [0.29, 0.717) is 18.0 Å². The van der Waals surface area contributed by atoms with E-state index in [9.17, 15) is 9.18 Å². The molecule has 1 aromatic carbocycles. The quantitative estimate of drug-likeness (QED) is 0.834. The third-order valence-electron chi connectivity index (χ3n) is 2.92. The van der Waals surface area contributed by atoms with Gasteiger partial charge >= 0.3 is 6.03 Å². The molecule has 0 saturated carbocycles. The number of nitrogens with one attached hydrogen (secondary N) is 2. The number of carbonyl (C=O) groups excluding carboxylic acids is 1. The van der Waals surface area contributed by atoms with Gasteiger partial charge in [-0.15, -0.1) is 11.8 Å². The van der Waals surface area contributed by atoms with E-state index in [1.165, 1.54) is 17.8 Å². The molecule has 0 aromatic heterocycles. The Morgan fingerprint density at radius 3 is 3.21 bits per heavy atom. The molecular weight excluding hydrogens is 267 g/mol. The predicted molar refractivity (Wildman–Crippen MR) is 72.9 cm³/mol. The molecular formula is C13H17FN2O2S. The number of hydrogen-bond donors (Lipinski definition) is 2. The van der Waals surface area contributed by atoms with Gasteiger partial charge in [-0.25, -0.2) is 9.18 Å². The van der Waals surface area contributed by atoms with Gasteiger partial charge in [-0.05, 0) is 18.1 Å². The molecule has 1 aliphatic rings. The number of ether oxygens (including phenoxy) is 1. The summed E-state index contributed by atoms with van der Waals surface area (Å²) in [6, 6.07) is 4.62. The van der Waals surface area contributed by atoms with Crippen LogP contribution < -0.4 is 10.6 Å². The lowest BCUT2D eigenvalue weighted by Crippen LogP contribution is -2.40. The molecule has 0 bridgehead atoms. The van der Waals surface area contributed by atoms with Crippen LogP contribution >= 0.6 is 11.8 Å². The van der Waals surface area contributed by atoms with Crippen molar-refractivity contribution >= 4 is 17.8 Å². The van der Waals surface area contributed by atoms with Crippen LogP contribution in [0.25, 0.3) is 0 Å². The first-order valence-corrected chi connectivity index (χ1v) is 7.15. The minimum Gasteiger partial charge on any atom is -0.383 e. The van der Waals surface area contributed by atoms with Crippen molar-refractivity contribution in [1.29, 1.82) is 0 Å². The first kappa shape index (κ1) is 14.1. The Morgan fingerprint density at radius 1 is 1.58 bits per heavy atom. The smallest absolute Gasteiger partial charge is 0.315 e. The zero-order valence-corrected chi connectivity index (χ0v) is 11.6. The normalized spacial score (nSPS) is 17.7. The van der Waals surface area contributed by atoms with Crippen molar-refractivity contribution in [3.63, 3.8) is 0 Å². The lowest BCUT2D eigenvalue weighted by Gasteiger charge is -2.26. The predicted octanol–water partition coefficient (Wildman–Crippen LogP) is 2.31. The second-order valence-corrected chi connectivity index (χ2v) is 5.35. The summed E-state index contributed by atoms with van der Waals surface area (Å²) in [5.41, 5.74) is 0.859. The maximum absolute atomic E-state index is 13.7. The molecule has 4 nitrogen and oxygen atoms in total. The van der Waals surface area contributed by atoms with E-state index in [-0.39, 0.29) is 17.9 Å². The molecule has 1 heterocycles. The number of fused-ring (bicyclic) bond motifs is 1. The van der Waals surface area contributed by atoms with E-state index < -0.39 is 0 Å². The van der Waals surface area contributed by atoms with Gasteiger partial charge in [-0.3, -0.25) is 0 Å². The largest absolute Gasteiger partial charge is 0.383 e. The van der Waals surface area contributed by atoms with E-state index in [4.69, 9.17) is 4.74 Å². The van der Waals surface area contributed by atoms with Crippen LogP contribution in [0.2, 0.25) is 0 Å². The van der Waals surface area contributed by atoms with Gasteiger partial charge in [0.25, 0.3) is 0 Å². The van der Waals surface area contributed by atoms with Crippen LogP contribution in [0.3, 0.4) is 0 Å². The molecule has 2 amide bonds. The minimum atomic E-state index is -0.246. The molecule has 2 N–H and O–H groups in total. The van der Waals surface area contributed by atoms with Crippen molar-refractivity contribution in [2.75, 3.05) is 26.0 Å². The molecule has 0 fully saturated rings. The summed E-state index contributed by atoms with van der Waals surface area (Å²) in [5, 5.41) is 5.58. The molecule has 0 aliphatic carbocycles. The van der Waals surface area contributed by atoms with Gasteiger partial charge in [0.05, 0.1) is 12.6 Å². The van der Waals surface area contributed by atoms with Crippen LogP contribution in [0.4, 0.5) is 9.18 Å². The van der Waals surface area contributed by atoms with Crippen LogP contribution in [-0.4, -0.2) is 32.0 Å². The Hall–Kier alpha value is -1.27. The van der Waals surface area contributed by atoms with Crippen LogP contribution in [0.15, 0.2) is 23.1 Å². The maximum Gasteiger partial charge on any atom is 0.315 e. The summed E-state index contributed by atoms with van der Waals surface area (Å²) in [4.78, 5) is 12.4. The van der Waals surface area contributed by atoms with Gasteiger partial charge in [0.1, 0.15) is 5.82 Å². The van der Waals surface area contributed by atoms with Gasteiger partial charge in [0, 0.05) is 24.3 Å². The molecule has 0 spiro atoms. The number of carbonyl (C=O) groups is 1. The summed E-state index contributed by atoms with van der Waals surface area (Å²) < 4.78 is 18.5. The number of rotatable bonds is 4. The van der Waals surface area contributed by atoms with E-state index in [0.717, 1.165) is 17.7 Å². The topological polar surface area (TPSA) is 50.4 Å². The van der Waals surface area contributed by atoms with Crippen molar-refractivity contribution in [1.82, 2.24) is 10.6 Å². The summed E-state index contributed by atoms with van der Waals surface area (Å²) >= 11 is 1.50. The summed E-state index contributed by atoms with van der Waals surface area (Å²) in [5.74, 6) is 0.588. The van der Waals surface area contributed by atoms with Crippen LogP contribution in [0.1, 0.15) is 18.0 Å². The number of hydrogen-bond acceptors (Lipinski definition) is 3. The number of benzene rings is 1. The van der Waals surface area contributed by atoms with Crippen LogP contribution in [0.5, 0.6) is 0 Å². The fraction of sp³-hybridized carbons (Fsp3) is 0.462. The van der Waals surface area contributed by atoms with Gasteiger partial charge in [0.15, 0.2) is 0 Å². The third-order valence-corrected chi connectivity index (χ3v) is 4.08. The van der Waals surface area contributed by atoms with E-state index >= 15 is 0 Å². The fourth-order valence-electron chi connectivity index (χ4n) is 2.01. The average molecular weight is 284 g/mol. The van der Waals surface area contributed by atoms with Crippen molar-refractivity contribution in [2.24, 2.45) is 0 Å². The highest BCUT2D eigenvalue weighted by atomic mass is 32.2. The molecule has 1 atom stereocenters. The Bertz CT molecular complexity index is 456. The lowest BCUT2D eigenvalue weighted by atomic mass is 10.0. The highest BCUT2D eigenvalue weighted by Gasteiger charge is 2.24. The van der Waals surface area contributed by atoms with Crippen molar-refractivity contribution in [3.8, 4) is 0 Å². The number of amides is 2. The Labute approximate surface area is 116 Å². The molecule has 1 aliphatic heterocycles. The molecule has 1 aromatic rings. The Morgan fingerprint density at radius 2 is 2.42 bits per heavy atom. The highest BCUT2D eigenvalue weighted by Crippen LogP contribution is 2.37. The number of methoxy groups -OCH3 is 1. The minimum absolute atomic E-state index is 0.130. The zero-order chi connectivity index (χ0) is 13.7. The van der Waals surface area contributed by atoms with Crippen molar-refractivity contribution in [2.45, 2.75) is 17.4 Å². The average Bonchev–Trinajstić information content (AvgIpc) is 2.40. The van der Waals surface area contributed by atoms with E-state index in [1.54, 1.807) is 13.2 Å². The number of halogens is 1. The standard InChI is InChI=1S/C13H17FN2O2S/c1-18-7-6-15-13(17)16-11-5-8-19-12-9(11)3-2-4-10(12)14/h2-4,11H,5-8H2,1H3,(H2,15,16,17)/t11-/m1/s1. The highest BCUT2D eigenvalue weighted by molar-refractivity contribution is 7.99. The Balaban J connectivity index is 1.99. The van der Waals surface area contributed by atoms with E-state index in [2.05, 4.69) is 10.6 Å². The first-order chi connectivity index (χ1) is 9.22. The van der Waals surface area contributed by atoms with Gasteiger partial charge in [-0.1, -0.05) is 12.1 Å². The van der Waals surface area contributed by atoms with Crippen LogP contribution in [0, 0.1) is 5.82 Å². The molecule has 0 saturated heterocycles. The molecule has 2 rings (SSSR count). The summed E-state index contributed by atoms with van der Waals surface area (Å²) in [7, 11) is 1.58. The monoisotopic (exact) mass is 284 g/mol. The molecule has 19 heavy (non-hydrogen) atoms. The van der Waals surface area contributed by atoms with Gasteiger partial charge in [0.2, 0.25) is 0 Å². The van der Waals surface area contributed by atoms with Crippen molar-refractivity contribution in [3.05, 3.63) is 29.6 Å². The second kappa shape index (κ2) is 6.77. The fourth-order valence-corrected chi connectivity index (χ4v) is 3.15. The third kappa shape index (κ3) is 3.61. The molecule has 0 radical (unpaired) electrons. The van der Waals surface area contributed by atoms with Crippen LogP contribution in [-0.2, 0) is 4.74 Å². The molecule has 6 heteroatoms.